The van der Waals surface area contributed by atoms with Gasteiger partial charge in [0.1, 0.15) is 0 Å². The molecule has 0 aromatic heterocycles. The topological polar surface area (TPSA) is 0 Å². The molecule has 2 aliphatic rings. The summed E-state index contributed by atoms with van der Waals surface area (Å²) >= 11 is -0.812. The largest absolute Gasteiger partial charge is 1.00 e. The van der Waals surface area contributed by atoms with Gasteiger partial charge in [0.25, 0.3) is 0 Å². The molecule has 0 radical (unpaired) electrons. The molecule has 2 aromatic rings. The Kier molecular flexibility index (Phi) is 8.10. The Hall–Kier alpha value is -1.14. The van der Waals surface area contributed by atoms with Crippen LogP contribution in [0.2, 0.25) is 0 Å². The van der Waals surface area contributed by atoms with Crippen molar-refractivity contribution in [2.45, 2.75) is 24.7 Å². The Labute approximate surface area is 186 Å². The van der Waals surface area contributed by atoms with E-state index in [9.17, 15) is 0 Å². The Bertz CT molecular complexity index is 821. The summed E-state index contributed by atoms with van der Waals surface area (Å²) < 4.78 is 3.38. The summed E-state index contributed by atoms with van der Waals surface area (Å²) in [5, 5.41) is 0. The summed E-state index contributed by atoms with van der Waals surface area (Å²) in [7, 11) is 0. The van der Waals surface area contributed by atoms with Gasteiger partial charge in [-0.25, -0.2) is 0 Å². The fourth-order valence-corrected chi connectivity index (χ4v) is 8.18. The van der Waals surface area contributed by atoms with Gasteiger partial charge >= 0.3 is 163 Å². The average molecular weight is 473 g/mol. The van der Waals surface area contributed by atoms with E-state index in [-0.39, 0.29) is 24.8 Å². The van der Waals surface area contributed by atoms with E-state index in [1.165, 1.54) is 22.3 Å². The van der Waals surface area contributed by atoms with Gasteiger partial charge in [-0.3, -0.25) is 0 Å². The Morgan fingerprint density at radius 2 is 1.11 bits per heavy atom. The first kappa shape index (κ1) is 22.2. The monoisotopic (exact) mass is 470 g/mol. The minimum absolute atomic E-state index is 0. The molecule has 3 heteroatoms. The van der Waals surface area contributed by atoms with E-state index in [0.717, 1.165) is 12.8 Å². The van der Waals surface area contributed by atoms with Crippen molar-refractivity contribution < 1.29 is 48.0 Å². The number of rotatable bonds is 6. The molecule has 0 spiro atoms. The standard InChI is InChI=1S/2C12H11.2ClH.Zr/c2*1-2-5-10-8-9-11-6-3-4-7-12(10)11;;;/h2*2-4,6-7,9-10H,1,5H2;2*1H;/q;;;;+2/p-2. The summed E-state index contributed by atoms with van der Waals surface area (Å²) in [5.74, 6) is 1.10. The Morgan fingerprint density at radius 3 is 1.52 bits per heavy atom. The van der Waals surface area contributed by atoms with E-state index >= 15 is 0 Å². The maximum Gasteiger partial charge on any atom is -1.00 e. The van der Waals surface area contributed by atoms with Crippen molar-refractivity contribution in [2.24, 2.45) is 0 Å². The van der Waals surface area contributed by atoms with E-state index in [0.29, 0.717) is 11.8 Å². The number of fused-ring (bicyclic) bond motifs is 2. The van der Waals surface area contributed by atoms with Crippen LogP contribution in [-0.2, 0) is 23.2 Å². The predicted octanol–water partition coefficient (Wildman–Crippen LogP) is 0.506. The number of allylic oxidation sites excluding steroid dienone is 4. The summed E-state index contributed by atoms with van der Waals surface area (Å²) in [6, 6.07) is 17.8. The third kappa shape index (κ3) is 4.32. The zero-order valence-electron chi connectivity index (χ0n) is 15.2. The van der Waals surface area contributed by atoms with Crippen LogP contribution in [0.15, 0.2) is 80.4 Å². The van der Waals surface area contributed by atoms with Crippen LogP contribution in [0.5, 0.6) is 0 Å². The van der Waals surface area contributed by atoms with Crippen LogP contribution in [0.25, 0.3) is 12.2 Å². The molecule has 0 heterocycles. The number of hydrogen-bond donors (Lipinski definition) is 0. The van der Waals surface area contributed by atoms with E-state index in [1.54, 1.807) is 6.56 Å². The SMILES string of the molecule is C=CCC1[C]([Zr+2][C]2=Cc3ccccc3C2CC=C)=Cc2ccccc21.[Cl-].[Cl-]. The van der Waals surface area contributed by atoms with Crippen molar-refractivity contribution in [3.05, 3.63) is 103 Å². The van der Waals surface area contributed by atoms with Gasteiger partial charge in [-0.05, 0) is 0 Å². The van der Waals surface area contributed by atoms with Gasteiger partial charge in [-0.1, -0.05) is 0 Å². The van der Waals surface area contributed by atoms with E-state index < -0.39 is 23.2 Å². The molecule has 0 N–H and O–H groups in total. The molecule has 0 nitrogen and oxygen atoms in total. The second-order valence-electron chi connectivity index (χ2n) is 6.74. The predicted molar refractivity (Wildman–Crippen MR) is 104 cm³/mol. The second-order valence-corrected chi connectivity index (χ2v) is 10.2. The second kappa shape index (κ2) is 9.88. The fraction of sp³-hybridized carbons (Fsp3) is 0.167. The molecule has 2 aliphatic carbocycles. The van der Waals surface area contributed by atoms with Crippen LogP contribution in [-0.4, -0.2) is 0 Å². The first-order chi connectivity index (χ1) is 12.3. The Morgan fingerprint density at radius 1 is 0.704 bits per heavy atom. The quantitative estimate of drug-likeness (QED) is 0.538. The fourth-order valence-electron chi connectivity index (χ4n) is 4.04. The van der Waals surface area contributed by atoms with Crippen LogP contribution in [0.4, 0.5) is 0 Å². The number of hydrogen-bond acceptors (Lipinski definition) is 0. The molecular weight excluding hydrogens is 450 g/mol. The van der Waals surface area contributed by atoms with Crippen LogP contribution in [0.3, 0.4) is 0 Å². The van der Waals surface area contributed by atoms with Crippen molar-refractivity contribution in [3.63, 3.8) is 0 Å². The normalized spacial score (nSPS) is 18.7. The maximum atomic E-state index is 4.00. The smallest absolute Gasteiger partial charge is 1.00 e. The van der Waals surface area contributed by atoms with E-state index in [4.69, 9.17) is 0 Å². The molecule has 4 rings (SSSR count). The zero-order valence-corrected chi connectivity index (χ0v) is 19.1. The Balaban J connectivity index is 0.00000131. The molecule has 0 fully saturated rings. The van der Waals surface area contributed by atoms with Gasteiger partial charge < -0.3 is 24.8 Å². The molecule has 0 aliphatic heterocycles. The van der Waals surface area contributed by atoms with Gasteiger partial charge in [0.2, 0.25) is 0 Å². The summed E-state index contributed by atoms with van der Waals surface area (Å²) in [4.78, 5) is 0. The van der Waals surface area contributed by atoms with Crippen molar-refractivity contribution >= 4 is 12.2 Å². The number of benzene rings is 2. The minimum Gasteiger partial charge on any atom is -1.00 e. The van der Waals surface area contributed by atoms with Gasteiger partial charge in [0.15, 0.2) is 0 Å². The molecular formula is C24H22Cl2Zr. The van der Waals surface area contributed by atoms with E-state index in [1.807, 2.05) is 0 Å². The van der Waals surface area contributed by atoms with Gasteiger partial charge in [0.05, 0.1) is 0 Å². The van der Waals surface area contributed by atoms with Crippen molar-refractivity contribution in [1.82, 2.24) is 0 Å². The molecule has 2 atom stereocenters. The molecule has 0 saturated heterocycles. The van der Waals surface area contributed by atoms with Crippen LogP contribution in [0, 0.1) is 0 Å². The molecule has 27 heavy (non-hydrogen) atoms. The molecule has 2 aromatic carbocycles. The minimum atomic E-state index is -0.812. The first-order valence-electron chi connectivity index (χ1n) is 8.91. The molecule has 0 bridgehead atoms. The molecule has 0 amide bonds. The first-order valence-corrected chi connectivity index (χ1v) is 11.4. The zero-order chi connectivity index (χ0) is 17.2. The summed E-state index contributed by atoms with van der Waals surface area (Å²) in [6.07, 6.45) is 11.2. The van der Waals surface area contributed by atoms with Gasteiger partial charge in [-0.15, -0.1) is 0 Å². The van der Waals surface area contributed by atoms with E-state index in [2.05, 4.69) is 86.0 Å². The third-order valence-electron chi connectivity index (χ3n) is 5.21. The molecule has 0 saturated carbocycles. The van der Waals surface area contributed by atoms with Crippen molar-refractivity contribution in [1.29, 1.82) is 0 Å². The summed E-state index contributed by atoms with van der Waals surface area (Å²) in [6.45, 7) is 8.01. The average Bonchev–Trinajstić information content (AvgIpc) is 3.15. The van der Waals surface area contributed by atoms with Gasteiger partial charge in [0, 0.05) is 0 Å². The van der Waals surface area contributed by atoms with Crippen LogP contribution >= 0.6 is 0 Å². The third-order valence-corrected chi connectivity index (χ3v) is 9.05. The summed E-state index contributed by atoms with van der Waals surface area (Å²) in [5.41, 5.74) is 5.83. The van der Waals surface area contributed by atoms with Gasteiger partial charge in [-0.2, -0.15) is 0 Å². The van der Waals surface area contributed by atoms with Crippen LogP contribution in [0.1, 0.15) is 46.9 Å². The van der Waals surface area contributed by atoms with Crippen molar-refractivity contribution in [3.8, 4) is 0 Å². The number of halogens is 2. The maximum absolute atomic E-state index is 4.00. The van der Waals surface area contributed by atoms with Crippen molar-refractivity contribution in [2.75, 3.05) is 0 Å². The van der Waals surface area contributed by atoms with Crippen LogP contribution < -0.4 is 24.8 Å². The molecule has 2 unspecified atom stereocenters. The molecule has 136 valence electrons.